The normalized spacial score (nSPS) is 22.3. The number of ether oxygens (including phenoxy) is 1. The first-order chi connectivity index (χ1) is 8.94. The highest BCUT2D eigenvalue weighted by molar-refractivity contribution is 4.97. The van der Waals surface area contributed by atoms with E-state index in [2.05, 4.69) is 48.8 Å². The molecule has 0 bridgehead atoms. The molecule has 2 heterocycles. The van der Waals surface area contributed by atoms with Crippen LogP contribution >= 0.6 is 0 Å². The van der Waals surface area contributed by atoms with Gasteiger partial charge in [0.2, 0.25) is 0 Å². The first-order valence-electron chi connectivity index (χ1n) is 7.34. The summed E-state index contributed by atoms with van der Waals surface area (Å²) < 4.78 is 8.16. The SMILES string of the molecule is CC(C)CNCc1cn(CC2CCC(C)(C)O2)cn1. The van der Waals surface area contributed by atoms with Crippen LogP contribution in [0.1, 0.15) is 46.2 Å². The number of hydrogen-bond donors (Lipinski definition) is 1. The molecular formula is C15H27N3O. The lowest BCUT2D eigenvalue weighted by atomic mass is 10.1. The number of rotatable bonds is 6. The van der Waals surface area contributed by atoms with Crippen LogP contribution in [0, 0.1) is 5.92 Å². The zero-order chi connectivity index (χ0) is 13.9. The molecule has 19 heavy (non-hydrogen) atoms. The van der Waals surface area contributed by atoms with Gasteiger partial charge in [-0.1, -0.05) is 13.8 Å². The molecule has 0 spiro atoms. The van der Waals surface area contributed by atoms with E-state index in [0.717, 1.165) is 38.2 Å². The van der Waals surface area contributed by atoms with Gasteiger partial charge in [0.05, 0.1) is 23.7 Å². The molecule has 0 radical (unpaired) electrons. The van der Waals surface area contributed by atoms with E-state index in [1.165, 1.54) is 0 Å². The number of nitrogens with zero attached hydrogens (tertiary/aromatic N) is 2. The predicted molar refractivity (Wildman–Crippen MR) is 77.0 cm³/mol. The van der Waals surface area contributed by atoms with Crippen LogP contribution in [0.3, 0.4) is 0 Å². The van der Waals surface area contributed by atoms with Crippen molar-refractivity contribution in [2.75, 3.05) is 6.54 Å². The lowest BCUT2D eigenvalue weighted by molar-refractivity contribution is -0.0217. The maximum Gasteiger partial charge on any atom is 0.0950 e. The van der Waals surface area contributed by atoms with Crippen LogP contribution in [0.15, 0.2) is 12.5 Å². The summed E-state index contributed by atoms with van der Waals surface area (Å²) in [5, 5.41) is 3.41. The Bertz CT molecular complexity index is 398. The maximum atomic E-state index is 6.01. The van der Waals surface area contributed by atoms with Gasteiger partial charge in [-0.15, -0.1) is 0 Å². The van der Waals surface area contributed by atoms with Gasteiger partial charge in [0.25, 0.3) is 0 Å². The van der Waals surface area contributed by atoms with E-state index in [0.29, 0.717) is 12.0 Å². The summed E-state index contributed by atoms with van der Waals surface area (Å²) in [6, 6.07) is 0. The highest BCUT2D eigenvalue weighted by Gasteiger charge is 2.31. The summed E-state index contributed by atoms with van der Waals surface area (Å²) in [6.45, 7) is 11.6. The van der Waals surface area contributed by atoms with Crippen molar-refractivity contribution < 1.29 is 4.74 Å². The van der Waals surface area contributed by atoms with Gasteiger partial charge in [0.1, 0.15) is 0 Å². The lowest BCUT2D eigenvalue weighted by Crippen LogP contribution is -2.22. The number of nitrogens with one attached hydrogen (secondary N) is 1. The van der Waals surface area contributed by atoms with Gasteiger partial charge >= 0.3 is 0 Å². The van der Waals surface area contributed by atoms with E-state index in [1.54, 1.807) is 0 Å². The van der Waals surface area contributed by atoms with Gasteiger partial charge in [-0.3, -0.25) is 0 Å². The maximum absolute atomic E-state index is 6.01. The molecule has 0 saturated carbocycles. The minimum absolute atomic E-state index is 0.0485. The van der Waals surface area contributed by atoms with Crippen molar-refractivity contribution in [1.29, 1.82) is 0 Å². The molecule has 1 N–H and O–H groups in total. The van der Waals surface area contributed by atoms with Crippen molar-refractivity contribution in [3.8, 4) is 0 Å². The molecular weight excluding hydrogens is 238 g/mol. The molecule has 0 amide bonds. The van der Waals surface area contributed by atoms with E-state index >= 15 is 0 Å². The second kappa shape index (κ2) is 6.06. The largest absolute Gasteiger partial charge is 0.370 e. The van der Waals surface area contributed by atoms with Crippen molar-refractivity contribution in [2.24, 2.45) is 5.92 Å². The Labute approximate surface area is 116 Å². The standard InChI is InChI=1S/C15H27N3O/c1-12(2)7-16-8-13-9-18(11-17-13)10-14-5-6-15(3,4)19-14/h9,11-12,14,16H,5-8,10H2,1-4H3. The first kappa shape index (κ1) is 14.5. The van der Waals surface area contributed by atoms with Crippen LogP contribution < -0.4 is 5.32 Å². The molecule has 4 nitrogen and oxygen atoms in total. The lowest BCUT2D eigenvalue weighted by Gasteiger charge is -2.19. The monoisotopic (exact) mass is 265 g/mol. The topological polar surface area (TPSA) is 39.1 Å². The molecule has 1 aliphatic heterocycles. The molecule has 4 heteroatoms. The highest BCUT2D eigenvalue weighted by Crippen LogP contribution is 2.30. The van der Waals surface area contributed by atoms with E-state index in [4.69, 9.17) is 4.74 Å². The Balaban J connectivity index is 1.78. The average Bonchev–Trinajstić information content (AvgIpc) is 2.86. The van der Waals surface area contributed by atoms with Crippen molar-refractivity contribution in [3.63, 3.8) is 0 Å². The minimum Gasteiger partial charge on any atom is -0.370 e. The summed E-state index contributed by atoms with van der Waals surface area (Å²) in [4.78, 5) is 4.44. The molecule has 0 aromatic carbocycles. The number of hydrogen-bond acceptors (Lipinski definition) is 3. The third-order valence-electron chi connectivity index (χ3n) is 3.51. The molecule has 1 fully saturated rings. The Morgan fingerprint density at radius 3 is 2.95 bits per heavy atom. The van der Waals surface area contributed by atoms with E-state index in [1.807, 2.05) is 6.33 Å². The van der Waals surface area contributed by atoms with Gasteiger partial charge < -0.3 is 14.6 Å². The Hall–Kier alpha value is -0.870. The van der Waals surface area contributed by atoms with Crippen molar-refractivity contribution in [2.45, 2.75) is 65.3 Å². The molecule has 2 rings (SSSR count). The van der Waals surface area contributed by atoms with Gasteiger partial charge in [-0.05, 0) is 39.2 Å². The molecule has 108 valence electrons. The molecule has 1 aromatic heterocycles. The van der Waals surface area contributed by atoms with Gasteiger partial charge in [0, 0.05) is 19.3 Å². The fourth-order valence-electron chi connectivity index (χ4n) is 2.53. The molecule has 0 aliphatic carbocycles. The van der Waals surface area contributed by atoms with Crippen LogP contribution in [0.25, 0.3) is 0 Å². The summed E-state index contributed by atoms with van der Waals surface area (Å²) in [5.41, 5.74) is 1.16. The smallest absolute Gasteiger partial charge is 0.0950 e. The Morgan fingerprint density at radius 2 is 2.32 bits per heavy atom. The second-order valence-electron chi connectivity index (χ2n) is 6.62. The molecule has 1 atom stereocenters. The zero-order valence-electron chi connectivity index (χ0n) is 12.6. The number of aromatic nitrogens is 2. The third kappa shape index (κ3) is 4.62. The van der Waals surface area contributed by atoms with Gasteiger partial charge in [-0.25, -0.2) is 4.98 Å². The van der Waals surface area contributed by atoms with Crippen LogP contribution in [0.5, 0.6) is 0 Å². The molecule has 1 aliphatic rings. The third-order valence-corrected chi connectivity index (χ3v) is 3.51. The van der Waals surface area contributed by atoms with Crippen molar-refractivity contribution in [3.05, 3.63) is 18.2 Å². The average molecular weight is 265 g/mol. The summed E-state index contributed by atoms with van der Waals surface area (Å²) in [7, 11) is 0. The van der Waals surface area contributed by atoms with E-state index in [9.17, 15) is 0 Å². The summed E-state index contributed by atoms with van der Waals surface area (Å²) in [5.74, 6) is 0.677. The summed E-state index contributed by atoms with van der Waals surface area (Å²) >= 11 is 0. The zero-order valence-corrected chi connectivity index (χ0v) is 12.6. The van der Waals surface area contributed by atoms with Crippen LogP contribution in [0.4, 0.5) is 0 Å². The van der Waals surface area contributed by atoms with Crippen LogP contribution in [-0.2, 0) is 17.8 Å². The van der Waals surface area contributed by atoms with E-state index < -0.39 is 0 Å². The van der Waals surface area contributed by atoms with Crippen LogP contribution in [0.2, 0.25) is 0 Å². The fourth-order valence-corrected chi connectivity index (χ4v) is 2.53. The predicted octanol–water partition coefficient (Wildman–Crippen LogP) is 2.59. The van der Waals surface area contributed by atoms with Crippen LogP contribution in [-0.4, -0.2) is 27.8 Å². The van der Waals surface area contributed by atoms with Gasteiger partial charge in [-0.2, -0.15) is 0 Å². The Kier molecular flexibility index (Phi) is 4.63. The van der Waals surface area contributed by atoms with Crippen molar-refractivity contribution in [1.82, 2.24) is 14.9 Å². The number of imidazole rings is 1. The van der Waals surface area contributed by atoms with Crippen molar-refractivity contribution >= 4 is 0 Å². The first-order valence-corrected chi connectivity index (χ1v) is 7.34. The fraction of sp³-hybridized carbons (Fsp3) is 0.800. The molecule has 1 unspecified atom stereocenters. The van der Waals surface area contributed by atoms with Gasteiger partial charge in [0.15, 0.2) is 0 Å². The summed E-state index contributed by atoms with van der Waals surface area (Å²) in [6.07, 6.45) is 6.67. The highest BCUT2D eigenvalue weighted by atomic mass is 16.5. The second-order valence-corrected chi connectivity index (χ2v) is 6.62. The molecule has 1 aromatic rings. The minimum atomic E-state index is 0.0485. The Morgan fingerprint density at radius 1 is 1.53 bits per heavy atom. The van der Waals surface area contributed by atoms with E-state index in [-0.39, 0.29) is 5.60 Å². The molecule has 1 saturated heterocycles. The quantitative estimate of drug-likeness (QED) is 0.859.